The van der Waals surface area contributed by atoms with Crippen molar-refractivity contribution < 1.29 is 4.79 Å². The van der Waals surface area contributed by atoms with E-state index in [2.05, 4.69) is 15.4 Å². The highest BCUT2D eigenvalue weighted by Crippen LogP contribution is 2.29. The van der Waals surface area contributed by atoms with Crippen LogP contribution in [0.1, 0.15) is 40.0 Å². The fourth-order valence-corrected chi connectivity index (χ4v) is 3.70. The van der Waals surface area contributed by atoms with Gasteiger partial charge in [-0.2, -0.15) is 5.10 Å². The predicted molar refractivity (Wildman–Crippen MR) is 82.7 cm³/mol. The minimum Gasteiger partial charge on any atom is -0.327 e. The SMILES string of the molecule is CCc1nn(C)cc1C(=O)Nc1nc2c(s1)C[C@@H](N)CC2. The molecule has 2 heterocycles. The van der Waals surface area contributed by atoms with E-state index in [0.717, 1.165) is 37.1 Å². The smallest absolute Gasteiger partial charge is 0.260 e. The van der Waals surface area contributed by atoms with E-state index in [0.29, 0.717) is 10.7 Å². The summed E-state index contributed by atoms with van der Waals surface area (Å²) >= 11 is 1.53. The van der Waals surface area contributed by atoms with Gasteiger partial charge in [0, 0.05) is 24.2 Å². The maximum atomic E-state index is 12.4. The molecule has 3 N–H and O–H groups in total. The lowest BCUT2D eigenvalue weighted by molar-refractivity contribution is 0.102. The molecular weight excluding hydrogens is 286 g/mol. The van der Waals surface area contributed by atoms with Gasteiger partial charge in [0.2, 0.25) is 0 Å². The Morgan fingerprint density at radius 1 is 1.62 bits per heavy atom. The summed E-state index contributed by atoms with van der Waals surface area (Å²) in [6.45, 7) is 1.99. The number of aryl methyl sites for hydroxylation is 3. The van der Waals surface area contributed by atoms with Crippen LogP contribution in [-0.4, -0.2) is 26.7 Å². The van der Waals surface area contributed by atoms with E-state index >= 15 is 0 Å². The molecule has 0 saturated heterocycles. The number of thiazole rings is 1. The summed E-state index contributed by atoms with van der Waals surface area (Å²) in [5.74, 6) is -0.143. The molecule has 0 unspecified atom stereocenters. The van der Waals surface area contributed by atoms with Gasteiger partial charge in [0.25, 0.3) is 5.91 Å². The Balaban J connectivity index is 1.79. The van der Waals surface area contributed by atoms with Gasteiger partial charge in [0.1, 0.15) is 0 Å². The summed E-state index contributed by atoms with van der Waals surface area (Å²) in [5.41, 5.74) is 8.47. The standard InChI is InChI=1S/C14H19N5OS/c1-3-10-9(7-19(2)18-10)13(20)17-14-16-11-5-4-8(15)6-12(11)21-14/h7-8H,3-6,15H2,1-2H3,(H,16,17,20)/t8-/m0/s1. The van der Waals surface area contributed by atoms with E-state index in [1.165, 1.54) is 16.2 Å². The molecule has 3 rings (SSSR count). The van der Waals surface area contributed by atoms with Crippen LogP contribution in [0.4, 0.5) is 5.13 Å². The molecule has 0 aromatic carbocycles. The molecule has 112 valence electrons. The minimum absolute atomic E-state index is 0.143. The zero-order chi connectivity index (χ0) is 15.0. The fraction of sp³-hybridized carbons (Fsp3) is 0.500. The number of carbonyl (C=O) groups excluding carboxylic acids is 1. The van der Waals surface area contributed by atoms with E-state index in [1.807, 2.05) is 14.0 Å². The Bertz CT molecular complexity index is 675. The molecule has 1 aliphatic rings. The molecule has 2 aromatic rings. The van der Waals surface area contributed by atoms with Crippen molar-refractivity contribution in [1.29, 1.82) is 0 Å². The van der Waals surface area contributed by atoms with Crippen LogP contribution in [0.5, 0.6) is 0 Å². The second-order valence-electron chi connectivity index (χ2n) is 5.36. The van der Waals surface area contributed by atoms with Gasteiger partial charge in [-0.25, -0.2) is 4.98 Å². The summed E-state index contributed by atoms with van der Waals surface area (Å²) < 4.78 is 1.67. The first-order valence-corrected chi connectivity index (χ1v) is 7.96. The molecule has 1 amide bonds. The molecule has 0 fully saturated rings. The van der Waals surface area contributed by atoms with Crippen LogP contribution < -0.4 is 11.1 Å². The molecule has 1 aliphatic carbocycles. The third-order valence-corrected chi connectivity index (χ3v) is 4.72. The van der Waals surface area contributed by atoms with E-state index in [-0.39, 0.29) is 11.9 Å². The topological polar surface area (TPSA) is 85.8 Å². The molecule has 2 aromatic heterocycles. The highest BCUT2D eigenvalue weighted by Gasteiger charge is 2.22. The van der Waals surface area contributed by atoms with E-state index in [4.69, 9.17) is 5.73 Å². The van der Waals surface area contributed by atoms with Crippen molar-refractivity contribution in [3.63, 3.8) is 0 Å². The number of rotatable bonds is 3. The lowest BCUT2D eigenvalue weighted by Crippen LogP contribution is -2.27. The molecule has 0 aliphatic heterocycles. The Kier molecular flexibility index (Phi) is 3.77. The largest absolute Gasteiger partial charge is 0.327 e. The number of nitrogens with zero attached hydrogens (tertiary/aromatic N) is 3. The maximum absolute atomic E-state index is 12.4. The van der Waals surface area contributed by atoms with Crippen LogP contribution in [-0.2, 0) is 26.3 Å². The third-order valence-electron chi connectivity index (χ3n) is 3.68. The normalized spacial score (nSPS) is 17.6. The summed E-state index contributed by atoms with van der Waals surface area (Å²) in [6.07, 6.45) is 5.20. The van der Waals surface area contributed by atoms with Gasteiger partial charge < -0.3 is 5.73 Å². The molecule has 0 spiro atoms. The van der Waals surface area contributed by atoms with Crippen molar-refractivity contribution in [1.82, 2.24) is 14.8 Å². The van der Waals surface area contributed by atoms with Crippen molar-refractivity contribution in [2.75, 3.05) is 5.32 Å². The quantitative estimate of drug-likeness (QED) is 0.900. The summed E-state index contributed by atoms with van der Waals surface area (Å²) in [4.78, 5) is 18.1. The molecule has 0 bridgehead atoms. The number of nitrogens with two attached hydrogens (primary N) is 1. The second kappa shape index (κ2) is 5.57. The van der Waals surface area contributed by atoms with Gasteiger partial charge in [0.05, 0.1) is 17.0 Å². The number of amides is 1. The van der Waals surface area contributed by atoms with Crippen LogP contribution in [0, 0.1) is 0 Å². The number of hydrogen-bond donors (Lipinski definition) is 2. The van der Waals surface area contributed by atoms with Crippen molar-refractivity contribution in [3.05, 3.63) is 28.0 Å². The summed E-state index contributed by atoms with van der Waals surface area (Å²) in [6, 6.07) is 0.214. The molecule has 0 radical (unpaired) electrons. The van der Waals surface area contributed by atoms with Crippen LogP contribution in [0.15, 0.2) is 6.20 Å². The van der Waals surface area contributed by atoms with E-state index < -0.39 is 0 Å². The molecule has 1 atom stereocenters. The van der Waals surface area contributed by atoms with Crippen molar-refractivity contribution in [3.8, 4) is 0 Å². The summed E-state index contributed by atoms with van der Waals surface area (Å²) in [7, 11) is 1.82. The highest BCUT2D eigenvalue weighted by atomic mass is 32.1. The van der Waals surface area contributed by atoms with Gasteiger partial charge in [-0.15, -0.1) is 11.3 Å². The van der Waals surface area contributed by atoms with Crippen LogP contribution in [0.3, 0.4) is 0 Å². The highest BCUT2D eigenvalue weighted by molar-refractivity contribution is 7.15. The van der Waals surface area contributed by atoms with Crippen LogP contribution in [0.25, 0.3) is 0 Å². The average Bonchev–Trinajstić information content (AvgIpc) is 3.00. The molecule has 21 heavy (non-hydrogen) atoms. The minimum atomic E-state index is -0.143. The maximum Gasteiger partial charge on any atom is 0.260 e. The van der Waals surface area contributed by atoms with Crippen LogP contribution in [0.2, 0.25) is 0 Å². The zero-order valence-electron chi connectivity index (χ0n) is 12.2. The second-order valence-corrected chi connectivity index (χ2v) is 6.45. The first kappa shape index (κ1) is 14.2. The Hall–Kier alpha value is -1.73. The molecule has 7 heteroatoms. The Morgan fingerprint density at radius 3 is 3.19 bits per heavy atom. The van der Waals surface area contributed by atoms with Crippen molar-refractivity contribution in [2.45, 2.75) is 38.6 Å². The van der Waals surface area contributed by atoms with Crippen LogP contribution >= 0.6 is 11.3 Å². The lowest BCUT2D eigenvalue weighted by atomic mass is 9.99. The molecular formula is C14H19N5OS. The van der Waals surface area contributed by atoms with Gasteiger partial charge in [-0.1, -0.05) is 6.92 Å². The zero-order valence-corrected chi connectivity index (χ0v) is 13.0. The number of anilines is 1. The monoisotopic (exact) mass is 305 g/mol. The van der Waals surface area contributed by atoms with E-state index in [1.54, 1.807) is 10.9 Å². The Morgan fingerprint density at radius 2 is 2.43 bits per heavy atom. The van der Waals surface area contributed by atoms with Gasteiger partial charge in [-0.3, -0.25) is 14.8 Å². The first-order valence-electron chi connectivity index (χ1n) is 7.14. The molecule has 6 nitrogen and oxygen atoms in total. The van der Waals surface area contributed by atoms with Gasteiger partial charge in [0.15, 0.2) is 5.13 Å². The summed E-state index contributed by atoms with van der Waals surface area (Å²) in [5, 5.41) is 7.84. The average molecular weight is 305 g/mol. The number of carbonyl (C=O) groups is 1. The Labute approximate surface area is 127 Å². The number of aromatic nitrogens is 3. The lowest BCUT2D eigenvalue weighted by Gasteiger charge is -2.15. The van der Waals surface area contributed by atoms with Crippen molar-refractivity contribution >= 4 is 22.4 Å². The fourth-order valence-electron chi connectivity index (χ4n) is 2.60. The molecule has 0 saturated carbocycles. The van der Waals surface area contributed by atoms with E-state index in [9.17, 15) is 4.79 Å². The van der Waals surface area contributed by atoms with Gasteiger partial charge in [-0.05, 0) is 25.7 Å². The number of hydrogen-bond acceptors (Lipinski definition) is 5. The third kappa shape index (κ3) is 2.84. The van der Waals surface area contributed by atoms with Crippen molar-refractivity contribution in [2.24, 2.45) is 12.8 Å². The van der Waals surface area contributed by atoms with Gasteiger partial charge >= 0.3 is 0 Å². The number of nitrogens with one attached hydrogen (secondary N) is 1. The first-order chi connectivity index (χ1) is 10.1. The number of fused-ring (bicyclic) bond motifs is 1. The predicted octanol–water partition coefficient (Wildman–Crippen LogP) is 1.51.